The monoisotopic (exact) mass is 602 g/mol. The van der Waals surface area contributed by atoms with Gasteiger partial charge >= 0.3 is 5.97 Å². The van der Waals surface area contributed by atoms with Gasteiger partial charge in [-0.3, -0.25) is 13.8 Å². The maximum absolute atomic E-state index is 13.2. The summed E-state index contributed by atoms with van der Waals surface area (Å²) in [6.07, 6.45) is 4.40. The molecule has 0 aromatic heterocycles. The number of nitrogens with one attached hydrogen (secondary N) is 3. The van der Waals surface area contributed by atoms with Crippen LogP contribution < -0.4 is 14.8 Å². The van der Waals surface area contributed by atoms with Gasteiger partial charge in [-0.1, -0.05) is 40.9 Å². The molecule has 0 saturated carbocycles. The molecule has 0 saturated heterocycles. The van der Waals surface area contributed by atoms with Crippen LogP contribution >= 0.6 is 46.9 Å². The summed E-state index contributed by atoms with van der Waals surface area (Å²) in [4.78, 5) is 25.0. The lowest BCUT2D eigenvalue weighted by Gasteiger charge is -2.23. The molecule has 2 aromatic carbocycles. The fourth-order valence-electron chi connectivity index (χ4n) is 3.45. The maximum atomic E-state index is 13.2. The van der Waals surface area contributed by atoms with Crippen LogP contribution in [0.3, 0.4) is 0 Å². The second-order valence-electron chi connectivity index (χ2n) is 7.64. The first-order valence-corrected chi connectivity index (χ1v) is 13.7. The minimum Gasteiger partial charge on any atom is -0.480 e. The van der Waals surface area contributed by atoms with E-state index in [1.165, 1.54) is 60.8 Å². The van der Waals surface area contributed by atoms with Crippen LogP contribution in [0.2, 0.25) is 15.1 Å². The van der Waals surface area contributed by atoms with Crippen LogP contribution in [0.4, 0.5) is 5.69 Å². The molecule has 2 aliphatic heterocycles. The van der Waals surface area contributed by atoms with Gasteiger partial charge in [-0.05, 0) is 48.0 Å². The summed E-state index contributed by atoms with van der Waals surface area (Å²) in [5.74, 6) is -2.52. The minimum atomic E-state index is -4.21. The van der Waals surface area contributed by atoms with Crippen LogP contribution in [-0.4, -0.2) is 40.9 Å². The number of fused-ring (bicyclic) bond motifs is 1. The van der Waals surface area contributed by atoms with Crippen LogP contribution in [0.15, 0.2) is 71.6 Å². The minimum absolute atomic E-state index is 0.0720. The highest BCUT2D eigenvalue weighted by molar-refractivity contribution is 7.97. The number of halogens is 3. The van der Waals surface area contributed by atoms with Crippen molar-refractivity contribution in [2.45, 2.75) is 12.1 Å². The normalized spacial score (nSPS) is 16.2. The number of aliphatic hydroxyl groups excluding tert-OH is 1. The predicted molar refractivity (Wildman–Crippen MR) is 142 cm³/mol. The van der Waals surface area contributed by atoms with Gasteiger partial charge in [-0.15, -0.1) is 0 Å². The first kappa shape index (κ1) is 27.2. The summed E-state index contributed by atoms with van der Waals surface area (Å²) in [7, 11) is -4.21. The summed E-state index contributed by atoms with van der Waals surface area (Å²) >= 11 is 19.1. The number of nitrogens with zero attached hydrogens (tertiary/aromatic N) is 1. The molecule has 194 valence electrons. The van der Waals surface area contributed by atoms with E-state index in [0.29, 0.717) is 5.70 Å². The lowest BCUT2D eigenvalue weighted by atomic mass is 10.0. The van der Waals surface area contributed by atoms with Crippen molar-refractivity contribution in [2.75, 3.05) is 4.72 Å². The number of hydrogen-bond acceptors (Lipinski definition) is 8. The van der Waals surface area contributed by atoms with Crippen molar-refractivity contribution in [3.05, 3.63) is 97.7 Å². The third-order valence-electron chi connectivity index (χ3n) is 5.22. The average Bonchev–Trinajstić information content (AvgIpc) is 3.32. The number of carboxylic acids is 1. The number of sulfonamides is 1. The number of benzene rings is 2. The van der Waals surface area contributed by atoms with Gasteiger partial charge in [0, 0.05) is 17.4 Å². The molecular weight excluding hydrogens is 587 g/mol. The number of amides is 1. The third kappa shape index (κ3) is 5.84. The Morgan fingerprint density at radius 3 is 2.54 bits per heavy atom. The largest absolute Gasteiger partial charge is 0.480 e. The van der Waals surface area contributed by atoms with Gasteiger partial charge in [0.2, 0.25) is 0 Å². The topological polar surface area (TPSA) is 148 Å². The molecule has 15 heteroatoms. The van der Waals surface area contributed by atoms with Gasteiger partial charge in [0.05, 0.1) is 39.1 Å². The molecule has 10 nitrogen and oxygen atoms in total. The zero-order chi connectivity index (χ0) is 26.9. The van der Waals surface area contributed by atoms with Gasteiger partial charge in [0.15, 0.2) is 6.04 Å². The van der Waals surface area contributed by atoms with Crippen molar-refractivity contribution in [1.29, 1.82) is 0 Å². The fraction of sp³-hybridized carbons (Fsp3) is 0.0909. The molecule has 4 rings (SSSR count). The Morgan fingerprint density at radius 1 is 1.08 bits per heavy atom. The molecule has 2 unspecified atom stereocenters. The number of carbonyl (C=O) groups excluding carboxylic acids is 1. The van der Waals surface area contributed by atoms with E-state index in [0.717, 1.165) is 0 Å². The van der Waals surface area contributed by atoms with Gasteiger partial charge < -0.3 is 20.3 Å². The first-order chi connectivity index (χ1) is 17.5. The molecule has 1 amide bonds. The van der Waals surface area contributed by atoms with Gasteiger partial charge in [0.25, 0.3) is 15.9 Å². The van der Waals surface area contributed by atoms with E-state index in [1.54, 1.807) is 16.6 Å². The Balaban J connectivity index is 1.62. The Hall–Kier alpha value is -2.87. The Bertz CT molecular complexity index is 1480. The number of carboxylic acid groups (broad SMARTS) is 1. The van der Waals surface area contributed by atoms with Crippen LogP contribution in [0.1, 0.15) is 22.0 Å². The molecule has 0 spiro atoms. The van der Waals surface area contributed by atoms with Crippen LogP contribution in [0, 0.1) is 0 Å². The van der Waals surface area contributed by atoms with E-state index in [-0.39, 0.29) is 36.8 Å². The summed E-state index contributed by atoms with van der Waals surface area (Å²) in [5, 5.41) is 23.0. The highest BCUT2D eigenvalue weighted by Gasteiger charge is 2.33. The number of rotatable bonds is 8. The predicted octanol–water partition coefficient (Wildman–Crippen LogP) is 4.03. The summed E-state index contributed by atoms with van der Waals surface area (Å²) in [6, 6.07) is 5.99. The smallest absolute Gasteiger partial charge is 0.329 e. The molecule has 0 aliphatic carbocycles. The van der Waals surface area contributed by atoms with E-state index >= 15 is 0 Å². The van der Waals surface area contributed by atoms with Crippen molar-refractivity contribution in [1.82, 2.24) is 14.3 Å². The number of aliphatic hydroxyl groups is 1. The Morgan fingerprint density at radius 2 is 1.84 bits per heavy atom. The average molecular weight is 604 g/mol. The van der Waals surface area contributed by atoms with Crippen molar-refractivity contribution in [2.24, 2.45) is 0 Å². The van der Waals surface area contributed by atoms with E-state index in [2.05, 4.69) is 14.8 Å². The molecule has 0 radical (unpaired) electrons. The van der Waals surface area contributed by atoms with Gasteiger partial charge in [0.1, 0.15) is 11.0 Å². The number of allylic oxidation sites excluding steroid dienone is 2. The lowest BCUT2D eigenvalue weighted by molar-refractivity contribution is -0.142. The molecular formula is C22H17Cl3N4O6S2. The molecule has 2 heterocycles. The van der Waals surface area contributed by atoms with E-state index in [1.807, 2.05) is 0 Å². The molecule has 2 atom stereocenters. The second kappa shape index (κ2) is 10.9. The van der Waals surface area contributed by atoms with Crippen LogP contribution in [0.25, 0.3) is 0 Å². The highest BCUT2D eigenvalue weighted by atomic mass is 35.5. The second-order valence-corrected chi connectivity index (χ2v) is 11.4. The number of aliphatic carboxylic acids is 1. The lowest BCUT2D eigenvalue weighted by Crippen LogP contribution is -2.45. The molecule has 0 fully saturated rings. The van der Waals surface area contributed by atoms with E-state index in [4.69, 9.17) is 34.8 Å². The summed E-state index contributed by atoms with van der Waals surface area (Å²) < 4.78 is 33.2. The Kier molecular flexibility index (Phi) is 7.97. The third-order valence-corrected chi connectivity index (χ3v) is 8.34. The number of anilines is 1. The van der Waals surface area contributed by atoms with E-state index < -0.39 is 34.0 Å². The zero-order valence-electron chi connectivity index (χ0n) is 18.4. The van der Waals surface area contributed by atoms with Crippen molar-refractivity contribution in [3.8, 4) is 0 Å². The SMILES string of the molecule is O=C(NC(C(=O)O)C(O)c1ccc(Cl)c(Cl)c1)c1ccc(Cl)cc1NS(=O)(=O)C1=CC=CN2SNC=C12. The number of carbonyl (C=O) groups is 2. The van der Waals surface area contributed by atoms with E-state index in [9.17, 15) is 28.2 Å². The molecule has 5 N–H and O–H groups in total. The van der Waals surface area contributed by atoms with Crippen LogP contribution in [-0.2, 0) is 14.8 Å². The highest BCUT2D eigenvalue weighted by Crippen LogP contribution is 2.35. The van der Waals surface area contributed by atoms with Crippen molar-refractivity contribution >= 4 is 74.5 Å². The maximum Gasteiger partial charge on any atom is 0.329 e. The molecule has 37 heavy (non-hydrogen) atoms. The van der Waals surface area contributed by atoms with Crippen molar-refractivity contribution in [3.63, 3.8) is 0 Å². The molecule has 2 aromatic rings. The standard InChI is InChI=1S/C22H17Cl3N4O6S2/c23-12-4-5-13(16(9-12)28-37(34,35)18-2-1-7-29-17(18)10-26-36-29)21(31)27-19(22(32)33)20(30)11-3-6-14(24)15(25)8-11/h1-10,19-20,26,28,30H,(H,27,31)(H,32,33). The Labute approximate surface area is 230 Å². The quantitative estimate of drug-likeness (QED) is 0.282. The zero-order valence-corrected chi connectivity index (χ0v) is 22.3. The first-order valence-electron chi connectivity index (χ1n) is 10.3. The number of hydrogen-bond donors (Lipinski definition) is 5. The molecule has 2 aliphatic rings. The molecule has 0 bridgehead atoms. The van der Waals surface area contributed by atoms with Crippen LogP contribution in [0.5, 0.6) is 0 Å². The van der Waals surface area contributed by atoms with Crippen molar-refractivity contribution < 1.29 is 28.2 Å². The van der Waals surface area contributed by atoms with Gasteiger partial charge in [-0.25, -0.2) is 13.2 Å². The fourth-order valence-corrected chi connectivity index (χ4v) is 5.90. The summed E-state index contributed by atoms with van der Waals surface area (Å²) in [6.45, 7) is 0. The summed E-state index contributed by atoms with van der Waals surface area (Å²) in [5.41, 5.74) is 0.0395. The van der Waals surface area contributed by atoms with Gasteiger partial charge in [-0.2, -0.15) is 0 Å².